The zero-order valence-electron chi connectivity index (χ0n) is 26.5. The molecule has 15 nitrogen and oxygen atoms in total. The number of fused-ring (bicyclic) bond motifs is 1. The minimum Gasteiger partial charge on any atom is -0.496 e. The van der Waals surface area contributed by atoms with Crippen molar-refractivity contribution in [1.29, 1.82) is 0 Å². The van der Waals surface area contributed by atoms with Gasteiger partial charge in [-0.2, -0.15) is 0 Å². The summed E-state index contributed by atoms with van der Waals surface area (Å²) in [6, 6.07) is 3.67. The highest BCUT2D eigenvalue weighted by Crippen LogP contribution is 2.43. The Labute approximate surface area is 277 Å². The van der Waals surface area contributed by atoms with Crippen LogP contribution in [0.4, 0.5) is 20.6 Å². The molecule has 1 aliphatic heterocycles. The van der Waals surface area contributed by atoms with Crippen LogP contribution in [0.15, 0.2) is 35.4 Å². The average Bonchev–Trinajstić information content (AvgIpc) is 3.03. The first-order chi connectivity index (χ1) is 22.7. The van der Waals surface area contributed by atoms with E-state index >= 15 is 4.39 Å². The Morgan fingerprint density at radius 2 is 1.75 bits per heavy atom. The lowest BCUT2D eigenvalue weighted by atomic mass is 10.0. The molecule has 0 bridgehead atoms. The van der Waals surface area contributed by atoms with Crippen LogP contribution in [0.5, 0.6) is 5.75 Å². The molecule has 3 aromatic heterocycles. The number of rotatable bonds is 8. The van der Waals surface area contributed by atoms with Crippen LogP contribution in [0.3, 0.4) is 0 Å². The number of aromatic nitrogens is 4. The molecule has 0 saturated carbocycles. The highest BCUT2D eigenvalue weighted by molar-refractivity contribution is 6.34. The van der Waals surface area contributed by atoms with Crippen LogP contribution < -0.4 is 15.2 Å². The number of halogens is 2. The Balaban J connectivity index is 2.03. The number of hydrogen-bond acceptors (Lipinski definition) is 10. The van der Waals surface area contributed by atoms with Crippen molar-refractivity contribution in [3.05, 3.63) is 73.3 Å². The lowest BCUT2D eigenvalue weighted by Crippen LogP contribution is -2.58. The smallest absolute Gasteiger partial charge is 0.407 e. The molecule has 252 valence electrons. The Morgan fingerprint density at radius 1 is 1.10 bits per heavy atom. The molecule has 2 N–H and O–H groups in total. The highest BCUT2D eigenvalue weighted by Gasteiger charge is 2.41. The van der Waals surface area contributed by atoms with E-state index in [9.17, 15) is 34.7 Å². The van der Waals surface area contributed by atoms with Gasteiger partial charge in [0, 0.05) is 13.1 Å². The highest BCUT2D eigenvalue weighted by atomic mass is 35.5. The summed E-state index contributed by atoms with van der Waals surface area (Å²) in [4.78, 5) is 66.3. The molecule has 0 aliphatic carbocycles. The monoisotopic (exact) mass is 683 g/mol. The molecule has 4 aromatic rings. The summed E-state index contributed by atoms with van der Waals surface area (Å²) in [5, 5.41) is 32.3. The number of methoxy groups -OCH3 is 1. The fourth-order valence-corrected chi connectivity index (χ4v) is 6.16. The Hall–Kier alpha value is -5.38. The minimum atomic E-state index is -1.63. The van der Waals surface area contributed by atoms with Crippen LogP contribution in [0.1, 0.15) is 50.9 Å². The lowest BCUT2D eigenvalue weighted by Gasteiger charge is -2.39. The van der Waals surface area contributed by atoms with Gasteiger partial charge in [0.15, 0.2) is 5.65 Å². The Kier molecular flexibility index (Phi) is 9.22. The van der Waals surface area contributed by atoms with Gasteiger partial charge in [0.05, 0.1) is 57.3 Å². The maximum atomic E-state index is 15.4. The van der Waals surface area contributed by atoms with Crippen molar-refractivity contribution in [2.45, 2.75) is 45.6 Å². The first-order valence-corrected chi connectivity index (χ1v) is 15.2. The maximum Gasteiger partial charge on any atom is 0.407 e. The standard InChI is InChI=1S/C31H31ClFN7O8/c1-14(2)22-26(23(15(3)4)35-13-34-22)39-28-16(11-17(32)24(36-28)21-18(33)7-6-8-20(21)48-5)25(27(29(39)41)40(46)47)38-10-9-37(31(44)45)12-19(38)30(42)43/h6-8,11,13-15,19H,9-10,12H2,1-5H3,(H,42,43)(H,44,45)/t19-/m1/s1. The number of piperazine rings is 1. The van der Waals surface area contributed by atoms with Crippen LogP contribution in [0.25, 0.3) is 28.0 Å². The van der Waals surface area contributed by atoms with Gasteiger partial charge in [0.1, 0.15) is 29.6 Å². The molecule has 5 rings (SSSR count). The third-order valence-corrected chi connectivity index (χ3v) is 8.37. The van der Waals surface area contributed by atoms with E-state index in [0.29, 0.717) is 11.4 Å². The first-order valence-electron chi connectivity index (χ1n) is 14.8. The van der Waals surface area contributed by atoms with Gasteiger partial charge in [-0.15, -0.1) is 0 Å². The summed E-state index contributed by atoms with van der Waals surface area (Å²) in [5.74, 6) is -2.83. The van der Waals surface area contributed by atoms with E-state index in [1.807, 2.05) is 27.7 Å². The number of anilines is 1. The topological polar surface area (TPSA) is 194 Å². The number of nitrogens with zero attached hydrogens (tertiary/aromatic N) is 7. The summed E-state index contributed by atoms with van der Waals surface area (Å²) in [6.45, 7) is 6.13. The van der Waals surface area contributed by atoms with E-state index in [4.69, 9.17) is 16.3 Å². The number of carboxylic acids is 1. The van der Waals surface area contributed by atoms with Crippen LogP contribution >= 0.6 is 11.6 Å². The van der Waals surface area contributed by atoms with E-state index < -0.39 is 52.3 Å². The zero-order valence-corrected chi connectivity index (χ0v) is 27.2. The summed E-state index contributed by atoms with van der Waals surface area (Å²) < 4.78 is 21.8. The summed E-state index contributed by atoms with van der Waals surface area (Å²) in [6.07, 6.45) is -0.0564. The number of benzene rings is 1. The summed E-state index contributed by atoms with van der Waals surface area (Å²) >= 11 is 6.76. The largest absolute Gasteiger partial charge is 0.496 e. The molecule has 1 saturated heterocycles. The van der Waals surface area contributed by atoms with Crippen LogP contribution in [-0.2, 0) is 4.79 Å². The fraction of sp³-hybridized carbons (Fsp3) is 0.355. The maximum absolute atomic E-state index is 15.4. The average molecular weight is 684 g/mol. The zero-order chi connectivity index (χ0) is 35.2. The van der Waals surface area contributed by atoms with Crippen LogP contribution in [0.2, 0.25) is 5.02 Å². The predicted molar refractivity (Wildman–Crippen MR) is 173 cm³/mol. The summed E-state index contributed by atoms with van der Waals surface area (Å²) in [5.41, 5.74) is -2.31. The van der Waals surface area contributed by atoms with E-state index in [2.05, 4.69) is 15.0 Å². The number of nitro groups is 1. The lowest BCUT2D eigenvalue weighted by molar-refractivity contribution is -0.385. The van der Waals surface area contributed by atoms with E-state index in [-0.39, 0.29) is 63.7 Å². The van der Waals surface area contributed by atoms with Crippen molar-refractivity contribution in [2.75, 3.05) is 31.6 Å². The number of carbonyl (C=O) groups is 2. The minimum absolute atomic E-state index is 0.0595. The van der Waals surface area contributed by atoms with Gasteiger partial charge < -0.3 is 24.7 Å². The second kappa shape index (κ2) is 13.0. The molecule has 0 spiro atoms. The molecule has 1 aromatic carbocycles. The number of ether oxygens (including phenoxy) is 1. The van der Waals surface area contributed by atoms with Crippen molar-refractivity contribution in [3.63, 3.8) is 0 Å². The molecule has 17 heteroatoms. The predicted octanol–water partition coefficient (Wildman–Crippen LogP) is 5.05. The molecular formula is C31H31ClFN7O8. The van der Waals surface area contributed by atoms with Crippen molar-refractivity contribution in [2.24, 2.45) is 0 Å². The van der Waals surface area contributed by atoms with Gasteiger partial charge in [-0.3, -0.25) is 19.5 Å². The van der Waals surface area contributed by atoms with Gasteiger partial charge in [-0.1, -0.05) is 45.4 Å². The van der Waals surface area contributed by atoms with Crippen molar-refractivity contribution >= 4 is 46.1 Å². The second-order valence-corrected chi connectivity index (χ2v) is 12.1. The second-order valence-electron chi connectivity index (χ2n) is 11.7. The van der Waals surface area contributed by atoms with E-state index in [1.165, 1.54) is 31.6 Å². The number of amides is 1. The number of hydrogen-bond donors (Lipinski definition) is 2. The number of pyridine rings is 2. The Bertz CT molecular complexity index is 2010. The van der Waals surface area contributed by atoms with Gasteiger partial charge in [-0.25, -0.2) is 28.9 Å². The van der Waals surface area contributed by atoms with Crippen LogP contribution in [0, 0.1) is 15.9 Å². The molecule has 48 heavy (non-hydrogen) atoms. The first kappa shape index (κ1) is 34.0. The molecule has 4 heterocycles. The van der Waals surface area contributed by atoms with Gasteiger partial charge in [0.25, 0.3) is 0 Å². The van der Waals surface area contributed by atoms with Crippen LogP contribution in [-0.4, -0.2) is 84.4 Å². The molecule has 0 unspecified atom stereocenters. The summed E-state index contributed by atoms with van der Waals surface area (Å²) in [7, 11) is 1.32. The SMILES string of the molecule is COc1cccc(F)c1-c1nc2c(cc1Cl)c(N1CCN(C(=O)O)C[C@@H]1C(=O)O)c([N+](=O)[O-])c(=O)n2-c1c(C(C)C)ncnc1C(C)C. The van der Waals surface area contributed by atoms with Crippen molar-refractivity contribution in [3.8, 4) is 22.7 Å². The van der Waals surface area contributed by atoms with Gasteiger partial charge in [-0.05, 0) is 30.0 Å². The van der Waals surface area contributed by atoms with E-state index in [1.54, 1.807) is 0 Å². The molecule has 1 atom stereocenters. The normalized spacial score (nSPS) is 15.0. The molecular weight excluding hydrogens is 653 g/mol. The van der Waals surface area contributed by atoms with Gasteiger partial charge >= 0.3 is 23.3 Å². The molecule has 1 fully saturated rings. The Morgan fingerprint density at radius 3 is 2.29 bits per heavy atom. The van der Waals surface area contributed by atoms with Gasteiger partial charge in [0.2, 0.25) is 0 Å². The third-order valence-electron chi connectivity index (χ3n) is 8.09. The van der Waals surface area contributed by atoms with Crippen molar-refractivity contribution in [1.82, 2.24) is 24.4 Å². The quantitative estimate of drug-likeness (QED) is 0.186. The molecule has 0 radical (unpaired) electrons. The third kappa shape index (κ3) is 5.72. The number of aliphatic carboxylic acids is 1. The van der Waals surface area contributed by atoms with Crippen molar-refractivity contribution < 1.29 is 33.9 Å². The molecule has 1 aliphatic rings. The fourth-order valence-electron chi connectivity index (χ4n) is 5.91. The number of carboxylic acid groups (broad SMARTS) is 2. The van der Waals surface area contributed by atoms with E-state index in [0.717, 1.165) is 20.4 Å². The molecule has 1 amide bonds.